The van der Waals surface area contributed by atoms with Gasteiger partial charge in [0.15, 0.2) is 0 Å². The lowest BCUT2D eigenvalue weighted by molar-refractivity contribution is -0.119. The van der Waals surface area contributed by atoms with Gasteiger partial charge in [0.2, 0.25) is 5.91 Å². The average Bonchev–Trinajstić information content (AvgIpc) is 2.59. The summed E-state index contributed by atoms with van der Waals surface area (Å²) in [5.74, 6) is -0.201. The maximum atomic E-state index is 12.4. The van der Waals surface area contributed by atoms with Gasteiger partial charge in [-0.05, 0) is 41.8 Å². The molecule has 0 spiro atoms. The van der Waals surface area contributed by atoms with Crippen molar-refractivity contribution in [2.24, 2.45) is 0 Å². The number of carbonyl (C=O) groups excluding carboxylic acids is 2. The SMILES string of the molecule is CC[C@H](NC(=O)c1ccc(CNC(C)=O)cc1)c1ccc(Cl)cc1. The molecule has 5 heteroatoms. The summed E-state index contributed by atoms with van der Waals surface area (Å²) in [6.45, 7) is 3.96. The first-order valence-electron chi connectivity index (χ1n) is 7.89. The molecule has 0 saturated heterocycles. The van der Waals surface area contributed by atoms with Crippen LogP contribution in [0.15, 0.2) is 48.5 Å². The summed E-state index contributed by atoms with van der Waals surface area (Å²) >= 11 is 5.91. The van der Waals surface area contributed by atoms with Crippen LogP contribution in [0.5, 0.6) is 0 Å². The van der Waals surface area contributed by atoms with E-state index in [1.165, 1.54) is 6.92 Å². The van der Waals surface area contributed by atoms with Crippen molar-refractivity contribution in [1.82, 2.24) is 10.6 Å². The van der Waals surface area contributed by atoms with Crippen molar-refractivity contribution in [1.29, 1.82) is 0 Å². The Bertz CT molecular complexity index is 696. The fourth-order valence-electron chi connectivity index (χ4n) is 2.36. The van der Waals surface area contributed by atoms with E-state index in [9.17, 15) is 9.59 Å². The van der Waals surface area contributed by atoms with Crippen LogP contribution in [0.25, 0.3) is 0 Å². The Kier molecular flexibility index (Phi) is 6.38. The molecule has 2 aromatic rings. The molecule has 0 aromatic heterocycles. The summed E-state index contributed by atoms with van der Waals surface area (Å²) in [5, 5.41) is 6.44. The third kappa shape index (κ3) is 5.10. The van der Waals surface area contributed by atoms with Crippen molar-refractivity contribution in [2.45, 2.75) is 32.9 Å². The quantitative estimate of drug-likeness (QED) is 0.836. The van der Waals surface area contributed by atoms with Gasteiger partial charge in [0.05, 0.1) is 6.04 Å². The number of nitrogens with one attached hydrogen (secondary N) is 2. The summed E-state index contributed by atoms with van der Waals surface area (Å²) < 4.78 is 0. The maximum absolute atomic E-state index is 12.4. The van der Waals surface area contributed by atoms with Gasteiger partial charge in [-0.3, -0.25) is 9.59 Å². The standard InChI is InChI=1S/C19H21ClN2O2/c1-3-18(15-8-10-17(20)11-9-15)22-19(24)16-6-4-14(5-7-16)12-21-13(2)23/h4-11,18H,3,12H2,1-2H3,(H,21,23)(H,22,24)/t18-/m0/s1. The molecule has 0 aliphatic rings. The Hall–Kier alpha value is -2.33. The van der Waals surface area contributed by atoms with Crippen LogP contribution in [0.1, 0.15) is 47.8 Å². The molecule has 2 N–H and O–H groups in total. The number of rotatable bonds is 6. The fraction of sp³-hybridized carbons (Fsp3) is 0.263. The zero-order valence-corrected chi connectivity index (χ0v) is 14.6. The summed E-state index contributed by atoms with van der Waals surface area (Å²) in [6, 6.07) is 14.6. The van der Waals surface area contributed by atoms with E-state index >= 15 is 0 Å². The van der Waals surface area contributed by atoms with Crippen molar-refractivity contribution in [3.63, 3.8) is 0 Å². The molecule has 0 saturated carbocycles. The predicted octanol–water partition coefficient (Wildman–Crippen LogP) is 3.86. The predicted molar refractivity (Wildman–Crippen MR) is 95.9 cm³/mol. The molecule has 24 heavy (non-hydrogen) atoms. The lowest BCUT2D eigenvalue weighted by Gasteiger charge is -2.17. The summed E-state index contributed by atoms with van der Waals surface area (Å²) in [6.07, 6.45) is 0.786. The molecule has 2 amide bonds. The van der Waals surface area contributed by atoms with Gasteiger partial charge in [-0.25, -0.2) is 0 Å². The van der Waals surface area contributed by atoms with Gasteiger partial charge >= 0.3 is 0 Å². The topological polar surface area (TPSA) is 58.2 Å². The Balaban J connectivity index is 2.02. The first kappa shape index (κ1) is 18.0. The monoisotopic (exact) mass is 344 g/mol. The van der Waals surface area contributed by atoms with E-state index in [4.69, 9.17) is 11.6 Å². The van der Waals surface area contributed by atoms with Gasteiger partial charge in [0.1, 0.15) is 0 Å². The highest BCUT2D eigenvalue weighted by molar-refractivity contribution is 6.30. The minimum atomic E-state index is -0.122. The second-order valence-electron chi connectivity index (χ2n) is 5.59. The van der Waals surface area contributed by atoms with Crippen LogP contribution in [0.3, 0.4) is 0 Å². The molecule has 0 fully saturated rings. The van der Waals surface area contributed by atoms with E-state index in [0.29, 0.717) is 17.1 Å². The number of carbonyl (C=O) groups is 2. The molecule has 0 bridgehead atoms. The van der Waals surface area contributed by atoms with E-state index in [1.54, 1.807) is 12.1 Å². The molecule has 2 aromatic carbocycles. The number of benzene rings is 2. The summed E-state index contributed by atoms with van der Waals surface area (Å²) in [5.41, 5.74) is 2.57. The second-order valence-corrected chi connectivity index (χ2v) is 6.03. The number of hydrogen-bond donors (Lipinski definition) is 2. The van der Waals surface area contributed by atoms with Crippen LogP contribution < -0.4 is 10.6 Å². The zero-order chi connectivity index (χ0) is 17.5. The number of amides is 2. The highest BCUT2D eigenvalue weighted by Crippen LogP contribution is 2.19. The highest BCUT2D eigenvalue weighted by Gasteiger charge is 2.14. The van der Waals surface area contributed by atoms with Crippen LogP contribution in [0.2, 0.25) is 5.02 Å². The zero-order valence-electron chi connectivity index (χ0n) is 13.8. The van der Waals surface area contributed by atoms with Crippen molar-refractivity contribution >= 4 is 23.4 Å². The molecule has 0 radical (unpaired) electrons. The fourth-order valence-corrected chi connectivity index (χ4v) is 2.48. The third-order valence-corrected chi connectivity index (χ3v) is 4.00. The smallest absolute Gasteiger partial charge is 0.251 e. The van der Waals surface area contributed by atoms with Crippen molar-refractivity contribution in [3.8, 4) is 0 Å². The Morgan fingerprint density at radius 3 is 2.21 bits per heavy atom. The van der Waals surface area contributed by atoms with Crippen LogP contribution in [0, 0.1) is 0 Å². The molecule has 0 aliphatic heterocycles. The highest BCUT2D eigenvalue weighted by atomic mass is 35.5. The number of halogens is 1. The molecule has 4 nitrogen and oxygen atoms in total. The minimum absolute atomic E-state index is 0.0613. The summed E-state index contributed by atoms with van der Waals surface area (Å²) in [4.78, 5) is 23.3. The molecule has 0 heterocycles. The van der Waals surface area contributed by atoms with Crippen LogP contribution in [-0.2, 0) is 11.3 Å². The average molecular weight is 345 g/mol. The lowest BCUT2D eigenvalue weighted by Crippen LogP contribution is -2.28. The Morgan fingerprint density at radius 2 is 1.67 bits per heavy atom. The molecular formula is C19H21ClN2O2. The largest absolute Gasteiger partial charge is 0.352 e. The van der Waals surface area contributed by atoms with E-state index in [-0.39, 0.29) is 17.9 Å². The van der Waals surface area contributed by atoms with Crippen LogP contribution in [0.4, 0.5) is 0 Å². The molecule has 2 rings (SSSR count). The van der Waals surface area contributed by atoms with E-state index in [2.05, 4.69) is 10.6 Å². The van der Waals surface area contributed by atoms with Crippen LogP contribution in [-0.4, -0.2) is 11.8 Å². The Morgan fingerprint density at radius 1 is 1.04 bits per heavy atom. The Labute approximate surface area is 147 Å². The second kappa shape index (κ2) is 8.50. The van der Waals surface area contributed by atoms with Gasteiger partial charge in [-0.2, -0.15) is 0 Å². The van der Waals surface area contributed by atoms with Gasteiger partial charge in [0, 0.05) is 24.1 Å². The molecule has 1 atom stereocenters. The molecule has 0 aliphatic carbocycles. The maximum Gasteiger partial charge on any atom is 0.251 e. The first-order chi connectivity index (χ1) is 11.5. The van der Waals surface area contributed by atoms with Crippen LogP contribution >= 0.6 is 11.6 Å². The van der Waals surface area contributed by atoms with Gasteiger partial charge in [0.25, 0.3) is 5.91 Å². The minimum Gasteiger partial charge on any atom is -0.352 e. The molecule has 0 unspecified atom stereocenters. The first-order valence-corrected chi connectivity index (χ1v) is 8.27. The third-order valence-electron chi connectivity index (χ3n) is 3.74. The molecule has 126 valence electrons. The van der Waals surface area contributed by atoms with Crippen molar-refractivity contribution < 1.29 is 9.59 Å². The van der Waals surface area contributed by atoms with Gasteiger partial charge < -0.3 is 10.6 Å². The van der Waals surface area contributed by atoms with Crippen molar-refractivity contribution in [2.75, 3.05) is 0 Å². The van der Waals surface area contributed by atoms with Crippen molar-refractivity contribution in [3.05, 3.63) is 70.2 Å². The number of hydrogen-bond acceptors (Lipinski definition) is 2. The van der Waals surface area contributed by atoms with Gasteiger partial charge in [-0.1, -0.05) is 42.8 Å². The van der Waals surface area contributed by atoms with E-state index < -0.39 is 0 Å². The van der Waals surface area contributed by atoms with Gasteiger partial charge in [-0.15, -0.1) is 0 Å². The lowest BCUT2D eigenvalue weighted by atomic mass is 10.0. The van der Waals surface area contributed by atoms with E-state index in [1.807, 2.05) is 43.3 Å². The van der Waals surface area contributed by atoms with E-state index in [0.717, 1.165) is 17.5 Å². The molecular weight excluding hydrogens is 324 g/mol. The normalized spacial score (nSPS) is 11.6. The summed E-state index contributed by atoms with van der Waals surface area (Å²) in [7, 11) is 0.